The van der Waals surface area contributed by atoms with E-state index in [0.717, 1.165) is 0 Å². The molecule has 0 unspecified atom stereocenters. The maximum Gasteiger partial charge on any atom is 0.335 e. The number of nitrogens with one attached hydrogen (secondary N) is 1. The molecule has 0 saturated heterocycles. The summed E-state index contributed by atoms with van der Waals surface area (Å²) in [6.45, 7) is 0. The molecule has 0 aliphatic carbocycles. The number of aromatic hydroxyl groups is 1. The van der Waals surface area contributed by atoms with Crippen molar-refractivity contribution in [1.82, 2.24) is 0 Å². The summed E-state index contributed by atoms with van der Waals surface area (Å²) in [7, 11) is 0. The maximum absolute atomic E-state index is 12.3. The van der Waals surface area contributed by atoms with Crippen LogP contribution in [0.25, 0.3) is 17.4 Å². The molecule has 1 heterocycles. The van der Waals surface area contributed by atoms with Crippen LogP contribution in [0.3, 0.4) is 0 Å². The minimum Gasteiger partial charge on any atom is -0.508 e. The van der Waals surface area contributed by atoms with E-state index in [9.17, 15) is 20.0 Å². The third-order valence-electron chi connectivity index (χ3n) is 3.88. The zero-order chi connectivity index (χ0) is 21.0. The van der Waals surface area contributed by atoms with Gasteiger partial charge in [-0.2, -0.15) is 5.26 Å². The van der Waals surface area contributed by atoms with Gasteiger partial charge in [-0.15, -0.1) is 0 Å². The fourth-order valence-corrected chi connectivity index (χ4v) is 2.67. The van der Waals surface area contributed by atoms with Gasteiger partial charge in [0.2, 0.25) is 0 Å². The van der Waals surface area contributed by atoms with Crippen LogP contribution in [0, 0.1) is 11.3 Å². The van der Waals surface area contributed by atoms with Gasteiger partial charge in [0.05, 0.1) is 10.6 Å². The summed E-state index contributed by atoms with van der Waals surface area (Å²) >= 11 is 6.13. The highest BCUT2D eigenvalue weighted by molar-refractivity contribution is 6.33. The minimum absolute atomic E-state index is 0.0453. The lowest BCUT2D eigenvalue weighted by atomic mass is 10.1. The molecule has 3 N–H and O–H groups in total. The van der Waals surface area contributed by atoms with Crippen molar-refractivity contribution in [3.8, 4) is 23.1 Å². The number of amides is 1. The quantitative estimate of drug-likeness (QED) is 0.323. The van der Waals surface area contributed by atoms with E-state index in [2.05, 4.69) is 5.32 Å². The Morgan fingerprint density at radius 1 is 1.10 bits per heavy atom. The molecule has 0 atom stereocenters. The summed E-state index contributed by atoms with van der Waals surface area (Å²) in [6.07, 6.45) is 1.26. The molecule has 1 aromatic heterocycles. The first-order valence-corrected chi connectivity index (χ1v) is 8.60. The number of hydrogen-bond donors (Lipinski definition) is 3. The average molecular weight is 409 g/mol. The SMILES string of the molecule is N#CC(=Cc1ccc(-c2cc(C(=O)O)ccc2Cl)o1)C(=O)Nc1ccc(O)cc1. The number of carbonyl (C=O) groups is 2. The highest BCUT2D eigenvalue weighted by Crippen LogP contribution is 2.31. The van der Waals surface area contributed by atoms with Crippen molar-refractivity contribution in [2.75, 3.05) is 5.32 Å². The van der Waals surface area contributed by atoms with E-state index in [4.69, 9.17) is 21.1 Å². The monoisotopic (exact) mass is 408 g/mol. The summed E-state index contributed by atoms with van der Waals surface area (Å²) in [5, 5.41) is 30.5. The maximum atomic E-state index is 12.3. The van der Waals surface area contributed by atoms with Crippen LogP contribution in [0.15, 0.2) is 64.6 Å². The van der Waals surface area contributed by atoms with Crippen LogP contribution in [0.5, 0.6) is 5.75 Å². The molecular formula is C21H13ClN2O5. The number of phenolic OH excluding ortho intramolecular Hbond substituents is 1. The molecule has 0 radical (unpaired) electrons. The van der Waals surface area contributed by atoms with E-state index < -0.39 is 11.9 Å². The lowest BCUT2D eigenvalue weighted by Gasteiger charge is -2.04. The summed E-state index contributed by atoms with van der Waals surface area (Å²) in [6, 6.07) is 14.9. The predicted octanol–water partition coefficient (Wildman–Crippen LogP) is 4.55. The average Bonchev–Trinajstić information content (AvgIpc) is 3.16. The van der Waals surface area contributed by atoms with Gasteiger partial charge in [0.15, 0.2) is 0 Å². The molecule has 144 valence electrons. The Morgan fingerprint density at radius 2 is 1.83 bits per heavy atom. The molecule has 0 bridgehead atoms. The molecule has 7 nitrogen and oxygen atoms in total. The van der Waals surface area contributed by atoms with E-state index in [1.807, 2.05) is 0 Å². The summed E-state index contributed by atoms with van der Waals surface area (Å²) < 4.78 is 5.62. The van der Waals surface area contributed by atoms with Crippen molar-refractivity contribution in [2.24, 2.45) is 0 Å². The number of hydrogen-bond acceptors (Lipinski definition) is 5. The van der Waals surface area contributed by atoms with Gasteiger partial charge in [0.25, 0.3) is 5.91 Å². The summed E-state index contributed by atoms with van der Waals surface area (Å²) in [5.74, 6) is -1.20. The zero-order valence-electron chi connectivity index (χ0n) is 14.7. The Balaban J connectivity index is 1.85. The Labute approximate surface area is 170 Å². The van der Waals surface area contributed by atoms with Gasteiger partial charge in [0.1, 0.15) is 28.9 Å². The Hall–Kier alpha value is -4.02. The molecule has 0 aliphatic heterocycles. The number of halogens is 1. The van der Waals surface area contributed by atoms with E-state index in [-0.39, 0.29) is 22.6 Å². The smallest absolute Gasteiger partial charge is 0.335 e. The lowest BCUT2D eigenvalue weighted by Crippen LogP contribution is -2.13. The van der Waals surface area contributed by atoms with E-state index >= 15 is 0 Å². The third kappa shape index (κ3) is 4.64. The highest BCUT2D eigenvalue weighted by atomic mass is 35.5. The zero-order valence-corrected chi connectivity index (χ0v) is 15.5. The largest absolute Gasteiger partial charge is 0.508 e. The molecule has 8 heteroatoms. The molecule has 0 aliphatic rings. The second-order valence-electron chi connectivity index (χ2n) is 5.87. The molecule has 0 spiro atoms. The van der Waals surface area contributed by atoms with Crippen molar-refractivity contribution in [2.45, 2.75) is 0 Å². The third-order valence-corrected chi connectivity index (χ3v) is 4.21. The van der Waals surface area contributed by atoms with Crippen molar-refractivity contribution < 1.29 is 24.2 Å². The number of anilines is 1. The van der Waals surface area contributed by atoms with Gasteiger partial charge >= 0.3 is 5.97 Å². The number of furan rings is 1. The summed E-state index contributed by atoms with van der Waals surface area (Å²) in [4.78, 5) is 23.4. The summed E-state index contributed by atoms with van der Waals surface area (Å²) in [5.41, 5.74) is 0.623. The number of rotatable bonds is 5. The fourth-order valence-electron chi connectivity index (χ4n) is 2.46. The standard InChI is InChI=1S/C21H13ClN2O5/c22-18-7-1-12(21(27)28)10-17(18)19-8-6-16(29-19)9-13(11-23)20(26)24-14-2-4-15(25)5-3-14/h1-10,25H,(H,24,26)(H,27,28). The Bertz CT molecular complexity index is 1160. The number of carbonyl (C=O) groups excluding carboxylic acids is 1. The first-order chi connectivity index (χ1) is 13.9. The molecule has 3 aromatic rings. The normalized spacial score (nSPS) is 11.0. The molecule has 2 aromatic carbocycles. The molecule has 1 amide bonds. The first kappa shape index (κ1) is 19.7. The van der Waals surface area contributed by atoms with Crippen molar-refractivity contribution in [1.29, 1.82) is 5.26 Å². The predicted molar refractivity (Wildman–Crippen MR) is 106 cm³/mol. The number of aromatic carboxylic acids is 1. The van der Waals surface area contributed by atoms with Gasteiger partial charge in [0, 0.05) is 17.3 Å². The molecule has 29 heavy (non-hydrogen) atoms. The number of carboxylic acids is 1. The molecule has 3 rings (SSSR count). The van der Waals surface area contributed by atoms with Gasteiger partial charge in [-0.05, 0) is 54.6 Å². The molecule has 0 fully saturated rings. The Morgan fingerprint density at radius 3 is 2.48 bits per heavy atom. The topological polar surface area (TPSA) is 124 Å². The fraction of sp³-hybridized carbons (Fsp3) is 0. The van der Waals surface area contributed by atoms with Gasteiger partial charge in [-0.1, -0.05) is 11.6 Å². The number of benzene rings is 2. The minimum atomic E-state index is -1.10. The molecular weight excluding hydrogens is 396 g/mol. The van der Waals surface area contributed by atoms with Crippen molar-refractivity contribution in [3.05, 3.63) is 76.5 Å². The first-order valence-electron chi connectivity index (χ1n) is 8.22. The van der Waals surface area contributed by atoms with Crippen molar-refractivity contribution in [3.63, 3.8) is 0 Å². The van der Waals surface area contributed by atoms with Crippen LogP contribution in [0.4, 0.5) is 5.69 Å². The van der Waals surface area contributed by atoms with Crippen molar-refractivity contribution >= 4 is 35.2 Å². The second-order valence-corrected chi connectivity index (χ2v) is 6.28. The molecule has 0 saturated carbocycles. The second kappa shape index (κ2) is 8.33. The van der Waals surface area contributed by atoms with Crippen LogP contribution >= 0.6 is 11.6 Å². The van der Waals surface area contributed by atoms with Gasteiger partial charge in [-0.25, -0.2) is 4.79 Å². The van der Waals surface area contributed by atoms with E-state index in [1.54, 1.807) is 12.1 Å². The van der Waals surface area contributed by atoms with E-state index in [0.29, 0.717) is 22.0 Å². The van der Waals surface area contributed by atoms with Crippen LogP contribution < -0.4 is 5.32 Å². The number of carboxylic acid groups (broad SMARTS) is 1. The van der Waals surface area contributed by atoms with Crippen LogP contribution in [0.1, 0.15) is 16.1 Å². The highest BCUT2D eigenvalue weighted by Gasteiger charge is 2.14. The Kier molecular flexibility index (Phi) is 5.67. The van der Waals surface area contributed by atoms with E-state index in [1.165, 1.54) is 54.6 Å². The number of nitrogens with zero attached hydrogens (tertiary/aromatic N) is 1. The van der Waals surface area contributed by atoms with Gasteiger partial charge in [-0.3, -0.25) is 4.79 Å². The number of phenols is 1. The van der Waals surface area contributed by atoms with Crippen LogP contribution in [-0.4, -0.2) is 22.1 Å². The number of nitriles is 1. The van der Waals surface area contributed by atoms with Crippen LogP contribution in [0.2, 0.25) is 5.02 Å². The lowest BCUT2D eigenvalue weighted by molar-refractivity contribution is -0.112. The van der Waals surface area contributed by atoms with Crippen LogP contribution in [-0.2, 0) is 4.79 Å². The van der Waals surface area contributed by atoms with Gasteiger partial charge < -0.3 is 19.9 Å².